The summed E-state index contributed by atoms with van der Waals surface area (Å²) in [5, 5.41) is 14.9. The van der Waals surface area contributed by atoms with Crippen LogP contribution in [0.2, 0.25) is 0 Å². The summed E-state index contributed by atoms with van der Waals surface area (Å²) in [5.41, 5.74) is 3.35. The van der Waals surface area contributed by atoms with Gasteiger partial charge in [0.05, 0.1) is 11.0 Å². The molecule has 1 aromatic carbocycles. The molecule has 2 N–H and O–H groups in total. The van der Waals surface area contributed by atoms with Gasteiger partial charge in [0.15, 0.2) is 0 Å². The van der Waals surface area contributed by atoms with Gasteiger partial charge in [-0.3, -0.25) is 4.79 Å². The lowest BCUT2D eigenvalue weighted by molar-refractivity contribution is 0.0920. The number of aliphatic hydroxyl groups excluding tert-OH is 1. The van der Waals surface area contributed by atoms with Crippen molar-refractivity contribution in [3.8, 4) is 0 Å². The number of aliphatic hydroxyl groups is 1. The first-order chi connectivity index (χ1) is 10.1. The fourth-order valence-electron chi connectivity index (χ4n) is 2.60. The third-order valence-electron chi connectivity index (χ3n) is 3.82. The van der Waals surface area contributed by atoms with Crippen molar-refractivity contribution in [3.63, 3.8) is 0 Å². The monoisotopic (exact) mass is 302 g/mol. The van der Waals surface area contributed by atoms with Crippen molar-refractivity contribution in [2.45, 2.75) is 12.5 Å². The van der Waals surface area contributed by atoms with E-state index in [2.05, 4.69) is 17.3 Å². The molecule has 1 aliphatic rings. The van der Waals surface area contributed by atoms with Crippen molar-refractivity contribution in [2.24, 2.45) is 0 Å². The Morgan fingerprint density at radius 1 is 1.48 bits per heavy atom. The number of hydrogen-bond acceptors (Lipinski definition) is 4. The third-order valence-corrected chi connectivity index (χ3v) is 4.69. The highest BCUT2D eigenvalue weighted by atomic mass is 32.1. The van der Waals surface area contributed by atoms with Crippen LogP contribution < -0.4 is 10.2 Å². The summed E-state index contributed by atoms with van der Waals surface area (Å²) in [5.74, 6) is -0.134. The van der Waals surface area contributed by atoms with E-state index < -0.39 is 6.10 Å². The standard InChI is InChI=1S/C16H18N2O2S/c1-18-7-6-11-9-12(4-5-13(11)18)14(19)10-17-16(20)15-3-2-8-21-15/h2-5,8-9,14,19H,6-7,10H2,1H3,(H,17,20). The molecule has 0 radical (unpaired) electrons. The first kappa shape index (κ1) is 14.1. The molecule has 4 nitrogen and oxygen atoms in total. The van der Waals surface area contributed by atoms with Crippen LogP contribution in [-0.4, -0.2) is 31.2 Å². The zero-order chi connectivity index (χ0) is 14.8. The van der Waals surface area contributed by atoms with Crippen LogP contribution >= 0.6 is 11.3 Å². The van der Waals surface area contributed by atoms with Gasteiger partial charge in [0, 0.05) is 25.8 Å². The predicted molar refractivity (Wildman–Crippen MR) is 85.0 cm³/mol. The molecule has 5 heteroatoms. The number of fused-ring (bicyclic) bond motifs is 1. The van der Waals surface area contributed by atoms with Crippen LogP contribution in [0.15, 0.2) is 35.7 Å². The third kappa shape index (κ3) is 2.94. The molecule has 2 heterocycles. The molecule has 0 spiro atoms. The maximum atomic E-state index is 11.9. The van der Waals surface area contributed by atoms with Crippen LogP contribution in [0.3, 0.4) is 0 Å². The number of benzene rings is 1. The first-order valence-corrected chi connectivity index (χ1v) is 7.87. The number of thiophene rings is 1. The van der Waals surface area contributed by atoms with Crippen molar-refractivity contribution >= 4 is 22.9 Å². The van der Waals surface area contributed by atoms with E-state index >= 15 is 0 Å². The van der Waals surface area contributed by atoms with E-state index in [0.29, 0.717) is 4.88 Å². The van der Waals surface area contributed by atoms with Crippen LogP contribution in [0.1, 0.15) is 26.9 Å². The fourth-order valence-corrected chi connectivity index (χ4v) is 3.24. The van der Waals surface area contributed by atoms with Crippen molar-refractivity contribution in [1.29, 1.82) is 0 Å². The molecule has 0 fully saturated rings. The Labute approximate surface area is 128 Å². The largest absolute Gasteiger partial charge is 0.387 e. The Morgan fingerprint density at radius 2 is 2.33 bits per heavy atom. The maximum absolute atomic E-state index is 11.9. The minimum atomic E-state index is -0.676. The van der Waals surface area contributed by atoms with Gasteiger partial charge in [-0.25, -0.2) is 0 Å². The summed E-state index contributed by atoms with van der Waals surface area (Å²) in [6.45, 7) is 1.25. The molecule has 0 saturated carbocycles. The van der Waals surface area contributed by atoms with Gasteiger partial charge >= 0.3 is 0 Å². The van der Waals surface area contributed by atoms with Gasteiger partial charge < -0.3 is 15.3 Å². The lowest BCUT2D eigenvalue weighted by Crippen LogP contribution is -2.27. The molecule has 0 bridgehead atoms. The molecule has 0 saturated heterocycles. The summed E-state index contributed by atoms with van der Waals surface area (Å²) < 4.78 is 0. The molecule has 21 heavy (non-hydrogen) atoms. The number of carbonyl (C=O) groups excluding carboxylic acids is 1. The van der Waals surface area contributed by atoms with Crippen molar-refractivity contribution in [1.82, 2.24) is 5.32 Å². The lowest BCUT2D eigenvalue weighted by atomic mass is 10.0. The van der Waals surface area contributed by atoms with Crippen molar-refractivity contribution < 1.29 is 9.90 Å². The summed E-state index contributed by atoms with van der Waals surface area (Å²) >= 11 is 1.40. The smallest absolute Gasteiger partial charge is 0.261 e. The molecule has 1 unspecified atom stereocenters. The lowest BCUT2D eigenvalue weighted by Gasteiger charge is -2.15. The van der Waals surface area contributed by atoms with Gasteiger partial charge in [0.2, 0.25) is 0 Å². The van der Waals surface area contributed by atoms with Gasteiger partial charge in [0.1, 0.15) is 0 Å². The quantitative estimate of drug-likeness (QED) is 0.910. The minimum Gasteiger partial charge on any atom is -0.387 e. The molecule has 1 amide bonds. The second kappa shape index (κ2) is 5.87. The predicted octanol–water partition coefficient (Wildman–Crippen LogP) is 2.20. The number of likely N-dealkylation sites (N-methyl/N-ethyl adjacent to an activating group) is 1. The van der Waals surface area contributed by atoms with E-state index in [9.17, 15) is 9.90 Å². The Balaban J connectivity index is 1.63. The summed E-state index contributed by atoms with van der Waals surface area (Å²) in [6.07, 6.45) is 0.332. The molecule has 1 atom stereocenters. The average molecular weight is 302 g/mol. The highest BCUT2D eigenvalue weighted by Crippen LogP contribution is 2.29. The van der Waals surface area contributed by atoms with Crippen LogP contribution in [0.4, 0.5) is 5.69 Å². The van der Waals surface area contributed by atoms with Gasteiger partial charge in [-0.15, -0.1) is 11.3 Å². The summed E-state index contributed by atoms with van der Waals surface area (Å²) in [6, 6.07) is 9.63. The van der Waals surface area contributed by atoms with E-state index in [1.54, 1.807) is 6.07 Å². The molecular weight excluding hydrogens is 284 g/mol. The molecule has 0 aliphatic carbocycles. The van der Waals surface area contributed by atoms with E-state index in [1.165, 1.54) is 22.6 Å². The van der Waals surface area contributed by atoms with E-state index in [-0.39, 0.29) is 12.5 Å². The number of amides is 1. The second-order valence-corrected chi connectivity index (χ2v) is 6.21. The summed E-state index contributed by atoms with van der Waals surface area (Å²) in [4.78, 5) is 14.7. The van der Waals surface area contributed by atoms with Gasteiger partial charge in [-0.2, -0.15) is 0 Å². The Kier molecular flexibility index (Phi) is 3.94. The van der Waals surface area contributed by atoms with Crippen molar-refractivity contribution in [2.75, 3.05) is 25.0 Å². The molecule has 1 aliphatic heterocycles. The first-order valence-electron chi connectivity index (χ1n) is 6.99. The van der Waals surface area contributed by atoms with Gasteiger partial charge in [-0.1, -0.05) is 18.2 Å². The minimum absolute atomic E-state index is 0.134. The van der Waals surface area contributed by atoms with E-state index in [4.69, 9.17) is 0 Å². The zero-order valence-electron chi connectivity index (χ0n) is 11.9. The second-order valence-electron chi connectivity index (χ2n) is 5.26. The molecular formula is C16H18N2O2S. The number of hydrogen-bond donors (Lipinski definition) is 2. The van der Waals surface area contributed by atoms with Crippen LogP contribution in [0, 0.1) is 0 Å². The zero-order valence-corrected chi connectivity index (χ0v) is 12.7. The Bertz CT molecular complexity index is 640. The Morgan fingerprint density at radius 3 is 3.10 bits per heavy atom. The SMILES string of the molecule is CN1CCc2cc(C(O)CNC(=O)c3cccs3)ccc21. The van der Waals surface area contributed by atoms with Crippen molar-refractivity contribution in [3.05, 3.63) is 51.7 Å². The van der Waals surface area contributed by atoms with Crippen LogP contribution in [0.25, 0.3) is 0 Å². The molecule has 3 rings (SSSR count). The maximum Gasteiger partial charge on any atom is 0.261 e. The molecule has 110 valence electrons. The molecule has 1 aromatic heterocycles. The number of rotatable bonds is 4. The van der Waals surface area contributed by atoms with Gasteiger partial charge in [0.25, 0.3) is 5.91 Å². The Hall–Kier alpha value is -1.85. The van der Waals surface area contributed by atoms with Gasteiger partial charge in [-0.05, 0) is 35.1 Å². The fraction of sp³-hybridized carbons (Fsp3) is 0.312. The average Bonchev–Trinajstić information content (AvgIpc) is 3.14. The highest BCUT2D eigenvalue weighted by molar-refractivity contribution is 7.12. The highest BCUT2D eigenvalue weighted by Gasteiger charge is 2.18. The number of nitrogens with one attached hydrogen (secondary N) is 1. The van der Waals surface area contributed by atoms with Crippen LogP contribution in [-0.2, 0) is 6.42 Å². The summed E-state index contributed by atoms with van der Waals surface area (Å²) in [7, 11) is 2.07. The normalized spacial score (nSPS) is 14.9. The number of nitrogens with zero attached hydrogens (tertiary/aromatic N) is 1. The van der Waals surface area contributed by atoms with Crippen LogP contribution in [0.5, 0.6) is 0 Å². The number of carbonyl (C=O) groups is 1. The van der Waals surface area contributed by atoms with E-state index in [0.717, 1.165) is 18.5 Å². The van der Waals surface area contributed by atoms with E-state index in [1.807, 2.05) is 29.6 Å². The number of anilines is 1. The topological polar surface area (TPSA) is 52.6 Å². The molecule has 2 aromatic rings.